The van der Waals surface area contributed by atoms with E-state index in [4.69, 9.17) is 5.73 Å². The van der Waals surface area contributed by atoms with E-state index in [-0.39, 0.29) is 0 Å². The maximum Gasteiger partial charge on any atom is 0.00390 e. The maximum absolute atomic E-state index is 5.90. The van der Waals surface area contributed by atoms with Crippen LogP contribution in [0.1, 0.15) is 38.5 Å². The molecule has 2 rings (SSSR count). The van der Waals surface area contributed by atoms with E-state index in [0.717, 1.165) is 11.8 Å². The Kier molecular flexibility index (Phi) is 3.41. The number of allylic oxidation sites excluding steroid dienone is 4. The zero-order valence-corrected chi connectivity index (χ0v) is 8.86. The van der Waals surface area contributed by atoms with Crippen LogP contribution in [0.3, 0.4) is 0 Å². The highest BCUT2D eigenvalue weighted by Crippen LogP contribution is 2.31. The molecular formula is C13H21N. The largest absolute Gasteiger partial charge is 0.328 e. The third kappa shape index (κ3) is 2.71. The smallest absolute Gasteiger partial charge is 0.00390 e. The average Bonchev–Trinajstić information content (AvgIpc) is 2.23. The Balaban J connectivity index is 1.75. The molecule has 2 aliphatic carbocycles. The molecule has 0 radical (unpaired) electrons. The number of nitrogens with two attached hydrogens (primary N) is 1. The fourth-order valence-corrected chi connectivity index (χ4v) is 2.66. The molecule has 1 nitrogen and oxygen atoms in total. The van der Waals surface area contributed by atoms with Crippen LogP contribution in [0.15, 0.2) is 24.3 Å². The van der Waals surface area contributed by atoms with Crippen molar-refractivity contribution in [3.63, 3.8) is 0 Å². The van der Waals surface area contributed by atoms with Gasteiger partial charge in [0.15, 0.2) is 0 Å². The van der Waals surface area contributed by atoms with Gasteiger partial charge in [0.1, 0.15) is 0 Å². The Hall–Kier alpha value is -0.560. The Labute approximate surface area is 87.1 Å². The summed E-state index contributed by atoms with van der Waals surface area (Å²) in [6.07, 6.45) is 16.9. The van der Waals surface area contributed by atoms with E-state index >= 15 is 0 Å². The van der Waals surface area contributed by atoms with Crippen molar-refractivity contribution in [3.05, 3.63) is 24.3 Å². The third-order valence-corrected chi connectivity index (χ3v) is 3.60. The molecule has 1 saturated carbocycles. The lowest BCUT2D eigenvalue weighted by Gasteiger charge is -2.28. The first-order chi connectivity index (χ1) is 6.84. The van der Waals surface area contributed by atoms with Gasteiger partial charge in [-0.05, 0) is 50.4 Å². The molecule has 0 bridgehead atoms. The van der Waals surface area contributed by atoms with Gasteiger partial charge >= 0.3 is 0 Å². The molecule has 2 N–H and O–H groups in total. The minimum atomic E-state index is 0.494. The van der Waals surface area contributed by atoms with Crippen LogP contribution in [0.2, 0.25) is 0 Å². The van der Waals surface area contributed by atoms with E-state index in [1.807, 2.05) is 0 Å². The van der Waals surface area contributed by atoms with E-state index in [2.05, 4.69) is 24.3 Å². The molecule has 0 heterocycles. The molecule has 0 aliphatic heterocycles. The van der Waals surface area contributed by atoms with E-state index in [1.165, 1.54) is 38.5 Å². The van der Waals surface area contributed by atoms with E-state index in [0.29, 0.717) is 6.04 Å². The molecule has 78 valence electrons. The Morgan fingerprint density at radius 1 is 1.07 bits per heavy atom. The quantitative estimate of drug-likeness (QED) is 0.713. The molecule has 0 aromatic heterocycles. The first-order valence-electron chi connectivity index (χ1n) is 5.93. The fourth-order valence-electron chi connectivity index (χ4n) is 2.66. The number of rotatable bonds is 2. The van der Waals surface area contributed by atoms with Gasteiger partial charge in [0.25, 0.3) is 0 Å². The lowest BCUT2D eigenvalue weighted by molar-refractivity contribution is 0.286. The SMILES string of the molecule is NC1CCC(CC2C=CC=CC2)CC1. The minimum Gasteiger partial charge on any atom is -0.328 e. The second-order valence-electron chi connectivity index (χ2n) is 4.83. The normalized spacial score (nSPS) is 37.4. The second-order valence-corrected chi connectivity index (χ2v) is 4.83. The summed E-state index contributed by atoms with van der Waals surface area (Å²) in [5, 5.41) is 0. The van der Waals surface area contributed by atoms with E-state index in [9.17, 15) is 0 Å². The van der Waals surface area contributed by atoms with Crippen LogP contribution >= 0.6 is 0 Å². The molecule has 1 fully saturated rings. The van der Waals surface area contributed by atoms with Gasteiger partial charge < -0.3 is 5.73 Å². The second kappa shape index (κ2) is 4.79. The van der Waals surface area contributed by atoms with Gasteiger partial charge in [-0.2, -0.15) is 0 Å². The summed E-state index contributed by atoms with van der Waals surface area (Å²) in [7, 11) is 0. The van der Waals surface area contributed by atoms with E-state index < -0.39 is 0 Å². The van der Waals surface area contributed by atoms with Crippen LogP contribution in [0.4, 0.5) is 0 Å². The van der Waals surface area contributed by atoms with Crippen LogP contribution in [-0.2, 0) is 0 Å². The van der Waals surface area contributed by atoms with Gasteiger partial charge in [-0.15, -0.1) is 0 Å². The zero-order valence-electron chi connectivity index (χ0n) is 8.86. The van der Waals surface area contributed by atoms with Gasteiger partial charge in [0.05, 0.1) is 0 Å². The molecular weight excluding hydrogens is 170 g/mol. The van der Waals surface area contributed by atoms with Gasteiger partial charge in [-0.1, -0.05) is 24.3 Å². The molecule has 2 aliphatic rings. The van der Waals surface area contributed by atoms with Gasteiger partial charge in [0, 0.05) is 6.04 Å². The molecule has 14 heavy (non-hydrogen) atoms. The van der Waals surface area contributed by atoms with Crippen molar-refractivity contribution < 1.29 is 0 Å². The van der Waals surface area contributed by atoms with Gasteiger partial charge in [0.2, 0.25) is 0 Å². The van der Waals surface area contributed by atoms with Crippen molar-refractivity contribution in [3.8, 4) is 0 Å². The summed E-state index contributed by atoms with van der Waals surface area (Å²) in [5.41, 5.74) is 5.90. The fraction of sp³-hybridized carbons (Fsp3) is 0.692. The minimum absolute atomic E-state index is 0.494. The van der Waals surface area contributed by atoms with Crippen molar-refractivity contribution >= 4 is 0 Å². The summed E-state index contributed by atoms with van der Waals surface area (Å²) in [5.74, 6) is 1.75. The van der Waals surface area contributed by atoms with Crippen molar-refractivity contribution in [2.24, 2.45) is 17.6 Å². The molecule has 1 heteroatoms. The molecule has 1 unspecified atom stereocenters. The Morgan fingerprint density at radius 3 is 2.50 bits per heavy atom. The molecule has 0 saturated heterocycles. The van der Waals surface area contributed by atoms with Crippen LogP contribution in [-0.4, -0.2) is 6.04 Å². The highest BCUT2D eigenvalue weighted by Gasteiger charge is 2.20. The predicted molar refractivity (Wildman–Crippen MR) is 60.9 cm³/mol. The number of hydrogen-bond donors (Lipinski definition) is 1. The molecule has 0 aromatic rings. The monoisotopic (exact) mass is 191 g/mol. The first-order valence-corrected chi connectivity index (χ1v) is 5.93. The summed E-state index contributed by atoms with van der Waals surface area (Å²) in [6, 6.07) is 0.494. The van der Waals surface area contributed by atoms with Crippen molar-refractivity contribution in [2.45, 2.75) is 44.6 Å². The topological polar surface area (TPSA) is 26.0 Å². The Morgan fingerprint density at radius 2 is 1.86 bits per heavy atom. The van der Waals surface area contributed by atoms with E-state index in [1.54, 1.807) is 0 Å². The summed E-state index contributed by atoms with van der Waals surface area (Å²) in [6.45, 7) is 0. The lowest BCUT2D eigenvalue weighted by Crippen LogP contribution is -2.27. The highest BCUT2D eigenvalue weighted by molar-refractivity contribution is 5.10. The lowest BCUT2D eigenvalue weighted by atomic mass is 9.79. The average molecular weight is 191 g/mol. The maximum atomic E-state index is 5.90. The summed E-state index contributed by atoms with van der Waals surface area (Å²) < 4.78 is 0. The summed E-state index contributed by atoms with van der Waals surface area (Å²) in [4.78, 5) is 0. The third-order valence-electron chi connectivity index (χ3n) is 3.60. The first kappa shape index (κ1) is 9.97. The van der Waals surface area contributed by atoms with Crippen LogP contribution in [0.5, 0.6) is 0 Å². The molecule has 0 spiro atoms. The standard InChI is InChI=1S/C13H21N/c14-13-8-6-12(7-9-13)10-11-4-2-1-3-5-11/h1-4,11-13H,5-10,14H2. The van der Waals surface area contributed by atoms with Crippen LogP contribution in [0.25, 0.3) is 0 Å². The summed E-state index contributed by atoms with van der Waals surface area (Å²) >= 11 is 0. The Bertz CT molecular complexity index is 221. The highest BCUT2D eigenvalue weighted by atomic mass is 14.6. The van der Waals surface area contributed by atoms with Crippen molar-refractivity contribution in [2.75, 3.05) is 0 Å². The predicted octanol–water partition coefficient (Wildman–Crippen LogP) is 3.03. The molecule has 0 amide bonds. The van der Waals surface area contributed by atoms with Crippen molar-refractivity contribution in [1.29, 1.82) is 0 Å². The molecule has 1 atom stereocenters. The van der Waals surface area contributed by atoms with Crippen LogP contribution < -0.4 is 5.73 Å². The van der Waals surface area contributed by atoms with Gasteiger partial charge in [-0.25, -0.2) is 0 Å². The molecule has 0 aromatic carbocycles. The van der Waals surface area contributed by atoms with Crippen LogP contribution in [0, 0.1) is 11.8 Å². The van der Waals surface area contributed by atoms with Crippen molar-refractivity contribution in [1.82, 2.24) is 0 Å². The zero-order chi connectivity index (χ0) is 9.80. The number of hydrogen-bond acceptors (Lipinski definition) is 1. The van der Waals surface area contributed by atoms with Gasteiger partial charge in [-0.3, -0.25) is 0 Å².